The van der Waals surface area contributed by atoms with Crippen LogP contribution in [0.4, 0.5) is 0 Å². The van der Waals surface area contributed by atoms with Crippen molar-refractivity contribution in [1.29, 1.82) is 0 Å². The molecule has 0 atom stereocenters. The molecule has 4 nitrogen and oxygen atoms in total. The molecule has 0 N–H and O–H groups in total. The monoisotopic (exact) mass is 283 g/mol. The van der Waals surface area contributed by atoms with Gasteiger partial charge < -0.3 is 0 Å². The van der Waals surface area contributed by atoms with Crippen molar-refractivity contribution in [2.75, 3.05) is 6.26 Å². The van der Waals surface area contributed by atoms with Gasteiger partial charge >= 0.3 is 0 Å². The molecule has 0 aliphatic rings. The summed E-state index contributed by atoms with van der Waals surface area (Å²) >= 11 is 1.47. The summed E-state index contributed by atoms with van der Waals surface area (Å²) in [5.41, 5.74) is 1.56. The molecule has 0 saturated carbocycles. The Kier molecular flexibility index (Phi) is 3.52. The van der Waals surface area contributed by atoms with Gasteiger partial charge in [0.25, 0.3) is 5.56 Å². The molecule has 1 aromatic carbocycles. The van der Waals surface area contributed by atoms with E-state index in [1.54, 1.807) is 10.8 Å². The van der Waals surface area contributed by atoms with Gasteiger partial charge in [0.1, 0.15) is 0 Å². The van der Waals surface area contributed by atoms with Crippen LogP contribution in [0.25, 0.3) is 10.9 Å². The lowest BCUT2D eigenvalue weighted by Gasteiger charge is -2.11. The summed E-state index contributed by atoms with van der Waals surface area (Å²) in [6.07, 6.45) is 3.65. The Hall–Kier alpha value is -2.14. The van der Waals surface area contributed by atoms with Crippen LogP contribution in [-0.2, 0) is 6.54 Å². The topological polar surface area (TPSA) is 47.8 Å². The number of aromatic nitrogens is 3. The van der Waals surface area contributed by atoms with Crippen LogP contribution in [0.5, 0.6) is 0 Å². The smallest absolute Gasteiger partial charge is 0.262 e. The predicted octanol–water partition coefficient (Wildman–Crippen LogP) is 2.56. The van der Waals surface area contributed by atoms with Crippen LogP contribution in [0.15, 0.2) is 58.6 Å². The Balaban J connectivity index is 2.18. The second-order valence-corrected chi connectivity index (χ2v) is 5.10. The Labute approximate surface area is 120 Å². The van der Waals surface area contributed by atoms with Crippen molar-refractivity contribution >= 4 is 22.7 Å². The maximum atomic E-state index is 12.6. The van der Waals surface area contributed by atoms with Gasteiger partial charge in [-0.05, 0) is 30.5 Å². The number of benzene rings is 1. The van der Waals surface area contributed by atoms with Crippen molar-refractivity contribution in [2.45, 2.75) is 11.7 Å². The van der Waals surface area contributed by atoms with Gasteiger partial charge in [0, 0.05) is 6.20 Å². The summed E-state index contributed by atoms with van der Waals surface area (Å²) in [4.78, 5) is 21.4. The third-order valence-corrected chi connectivity index (χ3v) is 3.73. The summed E-state index contributed by atoms with van der Waals surface area (Å²) in [5, 5.41) is 1.35. The predicted molar refractivity (Wildman–Crippen MR) is 81.1 cm³/mol. The molecule has 0 amide bonds. The van der Waals surface area contributed by atoms with E-state index < -0.39 is 0 Å². The van der Waals surface area contributed by atoms with Crippen molar-refractivity contribution in [3.63, 3.8) is 0 Å². The van der Waals surface area contributed by atoms with Crippen LogP contribution in [0, 0.1) is 0 Å². The summed E-state index contributed by atoms with van der Waals surface area (Å²) in [5.74, 6) is 0. The molecule has 2 aromatic heterocycles. The fraction of sp³-hybridized carbons (Fsp3) is 0.133. The van der Waals surface area contributed by atoms with Crippen LogP contribution < -0.4 is 5.56 Å². The zero-order valence-corrected chi connectivity index (χ0v) is 11.8. The van der Waals surface area contributed by atoms with Crippen molar-refractivity contribution in [2.24, 2.45) is 0 Å². The average Bonchev–Trinajstić information content (AvgIpc) is 2.51. The summed E-state index contributed by atoms with van der Waals surface area (Å²) in [6.45, 7) is 0.438. The zero-order chi connectivity index (χ0) is 13.9. The highest BCUT2D eigenvalue weighted by Crippen LogP contribution is 2.15. The molecule has 0 unspecified atom stereocenters. The van der Waals surface area contributed by atoms with Crippen LogP contribution in [0.3, 0.4) is 0 Å². The molecule has 20 heavy (non-hydrogen) atoms. The fourth-order valence-electron chi connectivity index (χ4n) is 2.10. The number of pyridine rings is 1. The largest absolute Gasteiger partial charge is 0.281 e. The highest BCUT2D eigenvalue weighted by molar-refractivity contribution is 7.98. The zero-order valence-electron chi connectivity index (χ0n) is 11.0. The van der Waals surface area contributed by atoms with E-state index in [4.69, 9.17) is 0 Å². The summed E-state index contributed by atoms with van der Waals surface area (Å²) < 4.78 is 1.68. The molecule has 0 aliphatic heterocycles. The lowest BCUT2D eigenvalue weighted by atomic mass is 10.2. The highest BCUT2D eigenvalue weighted by Gasteiger charge is 2.10. The minimum Gasteiger partial charge on any atom is -0.281 e. The number of hydrogen-bond acceptors (Lipinski definition) is 4. The number of thioether (sulfide) groups is 1. The normalized spacial score (nSPS) is 10.8. The Morgan fingerprint density at radius 3 is 2.70 bits per heavy atom. The second kappa shape index (κ2) is 5.46. The fourth-order valence-corrected chi connectivity index (χ4v) is 2.65. The second-order valence-electron chi connectivity index (χ2n) is 4.33. The Morgan fingerprint density at radius 2 is 1.95 bits per heavy atom. The van der Waals surface area contributed by atoms with Crippen LogP contribution >= 0.6 is 11.8 Å². The van der Waals surface area contributed by atoms with Gasteiger partial charge in [-0.2, -0.15) is 0 Å². The van der Waals surface area contributed by atoms with Crippen molar-refractivity contribution in [3.05, 3.63) is 64.7 Å². The van der Waals surface area contributed by atoms with Crippen LogP contribution in [0.2, 0.25) is 0 Å². The van der Waals surface area contributed by atoms with E-state index in [-0.39, 0.29) is 5.56 Å². The van der Waals surface area contributed by atoms with Gasteiger partial charge in [-0.3, -0.25) is 14.3 Å². The van der Waals surface area contributed by atoms with Crippen LogP contribution in [0.1, 0.15) is 5.69 Å². The van der Waals surface area contributed by atoms with Crippen molar-refractivity contribution < 1.29 is 0 Å². The number of para-hydroxylation sites is 1. The van der Waals surface area contributed by atoms with E-state index in [0.717, 1.165) is 11.2 Å². The van der Waals surface area contributed by atoms with Gasteiger partial charge in [0.2, 0.25) is 0 Å². The molecular formula is C15H13N3OS. The molecular weight excluding hydrogens is 270 g/mol. The molecule has 0 saturated heterocycles. The molecule has 0 fully saturated rings. The number of nitrogens with zero attached hydrogens (tertiary/aromatic N) is 3. The molecule has 100 valence electrons. The number of rotatable bonds is 3. The van der Waals surface area contributed by atoms with E-state index in [1.807, 2.05) is 48.7 Å². The van der Waals surface area contributed by atoms with E-state index >= 15 is 0 Å². The van der Waals surface area contributed by atoms with E-state index in [2.05, 4.69) is 9.97 Å². The van der Waals surface area contributed by atoms with Gasteiger partial charge in [-0.25, -0.2) is 4.98 Å². The Morgan fingerprint density at radius 1 is 1.15 bits per heavy atom. The first-order chi connectivity index (χ1) is 9.79. The minimum atomic E-state index is -0.0226. The molecule has 5 heteroatoms. The van der Waals surface area contributed by atoms with Crippen LogP contribution in [-0.4, -0.2) is 20.8 Å². The number of fused-ring (bicyclic) bond motifs is 1. The van der Waals surface area contributed by atoms with E-state index in [0.29, 0.717) is 17.1 Å². The molecule has 0 aliphatic carbocycles. The summed E-state index contributed by atoms with van der Waals surface area (Å²) in [7, 11) is 0. The minimum absolute atomic E-state index is 0.0226. The van der Waals surface area contributed by atoms with E-state index in [1.165, 1.54) is 11.8 Å². The van der Waals surface area contributed by atoms with Crippen molar-refractivity contribution in [3.8, 4) is 0 Å². The quantitative estimate of drug-likeness (QED) is 0.547. The maximum Gasteiger partial charge on any atom is 0.262 e. The molecule has 0 radical (unpaired) electrons. The van der Waals surface area contributed by atoms with E-state index in [9.17, 15) is 4.79 Å². The highest BCUT2D eigenvalue weighted by atomic mass is 32.2. The lowest BCUT2D eigenvalue weighted by molar-refractivity contribution is 0.647. The third-order valence-electron chi connectivity index (χ3n) is 3.06. The van der Waals surface area contributed by atoms with Crippen molar-refractivity contribution in [1.82, 2.24) is 14.5 Å². The molecule has 2 heterocycles. The first-order valence-electron chi connectivity index (χ1n) is 6.23. The summed E-state index contributed by atoms with van der Waals surface area (Å²) in [6, 6.07) is 13.1. The first kappa shape index (κ1) is 12.9. The standard InChI is InChI=1S/C15H13N3OS/c1-20-15-17-13-8-3-2-7-12(13)14(19)18(15)10-11-6-4-5-9-16-11/h2-9H,10H2,1H3. The molecule has 3 aromatic rings. The van der Waals surface area contributed by atoms with Gasteiger partial charge in [0.15, 0.2) is 5.16 Å². The van der Waals surface area contributed by atoms with Gasteiger partial charge in [-0.1, -0.05) is 30.0 Å². The maximum absolute atomic E-state index is 12.6. The Bertz CT molecular complexity index is 799. The average molecular weight is 283 g/mol. The SMILES string of the molecule is CSc1nc2ccccc2c(=O)n1Cc1ccccn1. The van der Waals surface area contributed by atoms with Gasteiger partial charge in [-0.15, -0.1) is 0 Å². The number of hydrogen-bond donors (Lipinski definition) is 0. The third kappa shape index (κ3) is 2.32. The molecule has 0 bridgehead atoms. The first-order valence-corrected chi connectivity index (χ1v) is 7.45. The molecule has 3 rings (SSSR count). The molecule has 0 spiro atoms. The van der Waals surface area contributed by atoms with Gasteiger partial charge in [0.05, 0.1) is 23.1 Å². The lowest BCUT2D eigenvalue weighted by Crippen LogP contribution is -2.24.